The molecule has 0 amide bonds. The molecule has 2 N–H and O–H groups in total. The van der Waals surface area contributed by atoms with Crippen LogP contribution in [0.2, 0.25) is 0 Å². The van der Waals surface area contributed by atoms with Crippen LogP contribution >= 0.6 is 0 Å². The fraction of sp³-hybridized carbons (Fsp3) is 0.509. The minimum absolute atomic E-state index is 0.135. The molecule has 0 aliphatic carbocycles. The van der Waals surface area contributed by atoms with Gasteiger partial charge in [0.25, 0.3) is 0 Å². The first-order valence-corrected chi connectivity index (χ1v) is 22.0. The minimum atomic E-state index is -0.360. The first kappa shape index (κ1) is 48.7. The molecule has 0 fully saturated rings. The van der Waals surface area contributed by atoms with Gasteiger partial charge >= 0.3 is 11.9 Å². The zero-order chi connectivity index (χ0) is 45.7. The van der Waals surface area contributed by atoms with E-state index in [-0.39, 0.29) is 52.4 Å². The van der Waals surface area contributed by atoms with Gasteiger partial charge in [0.1, 0.15) is 34.5 Å². The number of rotatable bonds is 15. The lowest BCUT2D eigenvalue weighted by atomic mass is 9.78. The monoisotopic (exact) mass is 837 g/mol. The summed E-state index contributed by atoms with van der Waals surface area (Å²) in [7, 11) is 0. The molecule has 0 unspecified atom stereocenters. The van der Waals surface area contributed by atoms with Crippen LogP contribution in [0.15, 0.2) is 60.7 Å². The van der Waals surface area contributed by atoms with Crippen molar-refractivity contribution in [2.45, 2.75) is 164 Å². The van der Waals surface area contributed by atoms with Crippen molar-refractivity contribution in [3.05, 3.63) is 105 Å². The summed E-state index contributed by atoms with van der Waals surface area (Å²) in [4.78, 5) is 26.5. The third-order valence-electron chi connectivity index (χ3n) is 11.0. The van der Waals surface area contributed by atoms with Crippen molar-refractivity contribution in [2.75, 3.05) is 13.2 Å². The summed E-state index contributed by atoms with van der Waals surface area (Å²) >= 11 is 0. The van der Waals surface area contributed by atoms with E-state index in [9.17, 15) is 19.8 Å². The highest BCUT2D eigenvalue weighted by atomic mass is 16.5. The van der Waals surface area contributed by atoms with E-state index >= 15 is 0 Å². The van der Waals surface area contributed by atoms with Gasteiger partial charge in [0, 0.05) is 42.0 Å². The molecule has 0 atom stereocenters. The fourth-order valence-electron chi connectivity index (χ4n) is 7.72. The molecule has 0 bridgehead atoms. The molecule has 0 aliphatic heterocycles. The number of esters is 2. The van der Waals surface area contributed by atoms with E-state index in [4.69, 9.17) is 18.9 Å². The van der Waals surface area contributed by atoms with Gasteiger partial charge in [-0.05, 0) is 100 Å². The summed E-state index contributed by atoms with van der Waals surface area (Å²) in [5.41, 5.74) is 6.17. The summed E-state index contributed by atoms with van der Waals surface area (Å²) in [6, 6.07) is 19.0. The van der Waals surface area contributed by atoms with Crippen LogP contribution in [-0.2, 0) is 44.1 Å². The number of carbonyl (C=O) groups is 2. The van der Waals surface area contributed by atoms with Gasteiger partial charge in [-0.2, -0.15) is 0 Å². The van der Waals surface area contributed by atoms with Gasteiger partial charge in [0.05, 0.1) is 13.2 Å². The Balaban J connectivity index is 1.52. The highest BCUT2D eigenvalue weighted by molar-refractivity contribution is 5.74. The summed E-state index contributed by atoms with van der Waals surface area (Å²) < 4.78 is 24.1. The van der Waals surface area contributed by atoms with Crippen molar-refractivity contribution in [1.82, 2.24) is 0 Å². The molecule has 0 aromatic heterocycles. The Labute approximate surface area is 366 Å². The van der Waals surface area contributed by atoms with E-state index in [1.54, 1.807) is 24.3 Å². The number of ether oxygens (including phenoxy) is 4. The number of aryl methyl sites for hydroxylation is 2. The Kier molecular flexibility index (Phi) is 15.5. The van der Waals surface area contributed by atoms with Crippen LogP contribution in [0, 0.1) is 0 Å². The van der Waals surface area contributed by atoms with Crippen molar-refractivity contribution in [3.8, 4) is 34.5 Å². The number of hydrogen-bond acceptors (Lipinski definition) is 8. The van der Waals surface area contributed by atoms with E-state index in [0.29, 0.717) is 60.6 Å². The second kappa shape index (κ2) is 19.4. The Bertz CT molecular complexity index is 1950. The molecule has 0 saturated carbocycles. The average molecular weight is 837 g/mol. The third-order valence-corrected chi connectivity index (χ3v) is 11.0. The number of benzene rings is 4. The van der Waals surface area contributed by atoms with Gasteiger partial charge in [-0.25, -0.2) is 0 Å². The largest absolute Gasteiger partial charge is 0.507 e. The highest BCUT2D eigenvalue weighted by Crippen LogP contribution is 2.44. The lowest BCUT2D eigenvalue weighted by Crippen LogP contribution is -2.18. The molecule has 8 nitrogen and oxygen atoms in total. The number of hydrogen-bond donors (Lipinski definition) is 2. The zero-order valence-corrected chi connectivity index (χ0v) is 39.6. The number of carbonyl (C=O) groups excluding carboxylic acids is 2. The molecule has 0 saturated heterocycles. The maximum absolute atomic E-state index is 13.3. The molecular formula is C53H72O8. The second-order valence-corrected chi connectivity index (χ2v) is 20.3. The third kappa shape index (κ3) is 12.5. The SMILES string of the molecule is CCOc1cc(OC(=O)CCc2cc(C(C)(C)C)c(O)c(C(C)(C)C)c2)ccc1C(CC)c1ccc(OC(=O)CCc2cc(C(C)(C)C)c(O)c(C(C)(C)C)c2)cc1OCC. The molecule has 61 heavy (non-hydrogen) atoms. The maximum Gasteiger partial charge on any atom is 0.311 e. The van der Waals surface area contributed by atoms with Crippen LogP contribution in [0.25, 0.3) is 0 Å². The van der Waals surface area contributed by atoms with Gasteiger partial charge in [-0.3, -0.25) is 9.59 Å². The predicted octanol–water partition coefficient (Wildman–Crippen LogP) is 12.7. The van der Waals surface area contributed by atoms with Gasteiger partial charge in [-0.15, -0.1) is 0 Å². The molecule has 332 valence electrons. The summed E-state index contributed by atoms with van der Waals surface area (Å²) in [5, 5.41) is 22.3. The van der Waals surface area contributed by atoms with Crippen molar-refractivity contribution in [2.24, 2.45) is 0 Å². The maximum atomic E-state index is 13.3. The topological polar surface area (TPSA) is 112 Å². The van der Waals surface area contributed by atoms with Crippen LogP contribution in [-0.4, -0.2) is 35.4 Å². The summed E-state index contributed by atoms with van der Waals surface area (Å²) in [5.74, 6) is 1.79. The lowest BCUT2D eigenvalue weighted by Gasteiger charge is -2.28. The van der Waals surface area contributed by atoms with Crippen LogP contribution in [0.4, 0.5) is 0 Å². The Morgan fingerprint density at radius 2 is 0.820 bits per heavy atom. The molecule has 8 heteroatoms. The Morgan fingerprint density at radius 1 is 0.508 bits per heavy atom. The second-order valence-electron chi connectivity index (χ2n) is 20.3. The quantitative estimate of drug-likeness (QED) is 0.0899. The van der Waals surface area contributed by atoms with Crippen molar-refractivity contribution in [3.63, 3.8) is 0 Å². The first-order valence-electron chi connectivity index (χ1n) is 22.0. The summed E-state index contributed by atoms with van der Waals surface area (Å²) in [6.45, 7) is 31.7. The van der Waals surface area contributed by atoms with Crippen LogP contribution in [0.3, 0.4) is 0 Å². The van der Waals surface area contributed by atoms with E-state index < -0.39 is 0 Å². The number of phenols is 2. The van der Waals surface area contributed by atoms with E-state index in [0.717, 1.165) is 50.9 Å². The Morgan fingerprint density at radius 3 is 1.08 bits per heavy atom. The lowest BCUT2D eigenvalue weighted by molar-refractivity contribution is -0.135. The molecule has 0 heterocycles. The molecule has 4 aromatic carbocycles. The Hall–Kier alpha value is -4.98. The van der Waals surface area contributed by atoms with E-state index in [1.165, 1.54) is 0 Å². The molecule has 4 aromatic rings. The predicted molar refractivity (Wildman–Crippen MR) is 246 cm³/mol. The van der Waals surface area contributed by atoms with Crippen LogP contribution < -0.4 is 18.9 Å². The molecular weight excluding hydrogens is 765 g/mol. The standard InChI is InChI=1S/C53H72O8/c1-16-37(38-23-21-35(31-44(38)58-17-2)60-46(54)25-19-33-27-40(50(4,5)6)48(56)41(28-33)51(7,8)9)39-24-22-36(32-45(39)59-18-3)61-47(55)26-20-34-29-42(52(10,11)12)49(57)43(30-34)53(13,14)15/h21-24,27-32,37,56-57H,16-20,25-26H2,1-15H3. The molecule has 0 aliphatic rings. The minimum Gasteiger partial charge on any atom is -0.507 e. The van der Waals surface area contributed by atoms with Crippen molar-refractivity contribution >= 4 is 11.9 Å². The van der Waals surface area contributed by atoms with Gasteiger partial charge in [0.15, 0.2) is 0 Å². The fourth-order valence-corrected chi connectivity index (χ4v) is 7.72. The molecule has 0 radical (unpaired) electrons. The molecule has 0 spiro atoms. The zero-order valence-electron chi connectivity index (χ0n) is 39.6. The normalized spacial score (nSPS) is 12.4. The number of aromatic hydroxyl groups is 2. The van der Waals surface area contributed by atoms with Gasteiger partial charge in [0.2, 0.25) is 0 Å². The molecule has 4 rings (SSSR count). The van der Waals surface area contributed by atoms with Crippen LogP contribution in [0.5, 0.6) is 34.5 Å². The van der Waals surface area contributed by atoms with Crippen LogP contribution in [0.1, 0.15) is 174 Å². The summed E-state index contributed by atoms with van der Waals surface area (Å²) in [6.07, 6.45) is 2.00. The van der Waals surface area contributed by atoms with Gasteiger partial charge < -0.3 is 29.2 Å². The number of phenolic OH excluding ortho intramolecular Hbond substituents is 2. The van der Waals surface area contributed by atoms with E-state index in [2.05, 4.69) is 90.0 Å². The smallest absolute Gasteiger partial charge is 0.311 e. The average Bonchev–Trinajstić information content (AvgIpc) is 3.14. The first-order chi connectivity index (χ1) is 28.3. The van der Waals surface area contributed by atoms with E-state index in [1.807, 2.05) is 50.2 Å². The van der Waals surface area contributed by atoms with Crippen molar-refractivity contribution < 1.29 is 38.7 Å². The highest BCUT2D eigenvalue weighted by Gasteiger charge is 2.29. The van der Waals surface area contributed by atoms with Gasteiger partial charge in [-0.1, -0.05) is 126 Å². The van der Waals surface area contributed by atoms with Crippen molar-refractivity contribution in [1.29, 1.82) is 0 Å².